The van der Waals surface area contributed by atoms with Crippen LogP contribution in [0.5, 0.6) is 0 Å². The van der Waals surface area contributed by atoms with E-state index in [4.69, 9.17) is 4.52 Å². The minimum Gasteiger partial charge on any atom is -0.376 e. The van der Waals surface area contributed by atoms with Gasteiger partial charge in [-0.15, -0.1) is 0 Å². The van der Waals surface area contributed by atoms with E-state index in [0.29, 0.717) is 24.3 Å². The summed E-state index contributed by atoms with van der Waals surface area (Å²) in [6.45, 7) is 6.45. The van der Waals surface area contributed by atoms with Crippen molar-refractivity contribution in [2.75, 3.05) is 18.4 Å². The Morgan fingerprint density at radius 1 is 1.35 bits per heavy atom. The van der Waals surface area contributed by atoms with Crippen molar-refractivity contribution >= 4 is 11.6 Å². The molecular formula is C20H26N4O2. The van der Waals surface area contributed by atoms with Crippen molar-refractivity contribution in [1.82, 2.24) is 15.0 Å². The molecule has 6 heteroatoms. The number of aromatic nitrogens is 2. The van der Waals surface area contributed by atoms with Crippen molar-refractivity contribution < 1.29 is 9.32 Å². The molecule has 1 saturated heterocycles. The van der Waals surface area contributed by atoms with Gasteiger partial charge in [0.1, 0.15) is 0 Å². The molecule has 1 N–H and O–H groups in total. The minimum atomic E-state index is 0.136. The lowest BCUT2D eigenvalue weighted by Crippen LogP contribution is -2.39. The van der Waals surface area contributed by atoms with Crippen molar-refractivity contribution in [3.8, 4) is 0 Å². The molecule has 1 aliphatic heterocycles. The highest BCUT2D eigenvalue weighted by Crippen LogP contribution is 2.38. The molecule has 1 aromatic carbocycles. The first-order valence-electron chi connectivity index (χ1n) is 9.56. The number of piperidine rings is 1. The van der Waals surface area contributed by atoms with Crippen LogP contribution in [0, 0.1) is 12.8 Å². The van der Waals surface area contributed by atoms with Crippen LogP contribution in [0.1, 0.15) is 66.2 Å². The predicted octanol–water partition coefficient (Wildman–Crippen LogP) is 3.74. The molecule has 6 nitrogen and oxygen atoms in total. The molecule has 26 heavy (non-hydrogen) atoms. The third-order valence-electron chi connectivity index (χ3n) is 5.27. The van der Waals surface area contributed by atoms with Gasteiger partial charge in [0, 0.05) is 30.3 Å². The van der Waals surface area contributed by atoms with Gasteiger partial charge in [0.25, 0.3) is 5.91 Å². The number of anilines is 1. The highest BCUT2D eigenvalue weighted by atomic mass is 16.5. The van der Waals surface area contributed by atoms with E-state index in [0.717, 1.165) is 55.0 Å². The molecule has 4 rings (SSSR count). The lowest BCUT2D eigenvalue weighted by molar-refractivity contribution is 0.0683. The van der Waals surface area contributed by atoms with Gasteiger partial charge in [-0.2, -0.15) is 4.98 Å². The number of benzene rings is 1. The van der Waals surface area contributed by atoms with Gasteiger partial charge in [-0.05, 0) is 62.3 Å². The number of amides is 1. The maximum Gasteiger partial charge on any atom is 0.253 e. The maximum absolute atomic E-state index is 12.7. The zero-order chi connectivity index (χ0) is 18.1. The van der Waals surface area contributed by atoms with Gasteiger partial charge < -0.3 is 14.7 Å². The average Bonchev–Trinajstić information content (AvgIpc) is 3.38. The highest BCUT2D eigenvalue weighted by Gasteiger charge is 2.28. The van der Waals surface area contributed by atoms with Gasteiger partial charge in [-0.25, -0.2) is 0 Å². The molecule has 0 bridgehead atoms. The predicted molar refractivity (Wildman–Crippen MR) is 99.1 cm³/mol. The second-order valence-corrected chi connectivity index (χ2v) is 7.70. The maximum atomic E-state index is 12.7. The van der Waals surface area contributed by atoms with Gasteiger partial charge in [-0.3, -0.25) is 4.79 Å². The van der Waals surface area contributed by atoms with Crippen LogP contribution < -0.4 is 5.32 Å². The molecule has 2 aromatic rings. The molecule has 2 aliphatic rings. The molecule has 0 unspecified atom stereocenters. The van der Waals surface area contributed by atoms with Gasteiger partial charge >= 0.3 is 0 Å². The molecule has 1 saturated carbocycles. The van der Waals surface area contributed by atoms with E-state index < -0.39 is 0 Å². The third-order valence-corrected chi connectivity index (χ3v) is 5.27. The van der Waals surface area contributed by atoms with Crippen LogP contribution in [-0.2, 0) is 6.54 Å². The van der Waals surface area contributed by atoms with Crippen LogP contribution in [0.2, 0.25) is 0 Å². The first kappa shape index (κ1) is 17.1. The van der Waals surface area contributed by atoms with Gasteiger partial charge in [-0.1, -0.05) is 12.1 Å². The van der Waals surface area contributed by atoms with E-state index in [-0.39, 0.29) is 5.91 Å². The molecule has 0 spiro atoms. The molecule has 2 fully saturated rings. The van der Waals surface area contributed by atoms with Gasteiger partial charge in [0.05, 0.1) is 6.54 Å². The summed E-state index contributed by atoms with van der Waals surface area (Å²) in [4.78, 5) is 19.1. The van der Waals surface area contributed by atoms with Crippen LogP contribution in [0.25, 0.3) is 0 Å². The van der Waals surface area contributed by atoms with E-state index in [9.17, 15) is 4.79 Å². The molecule has 1 amide bonds. The van der Waals surface area contributed by atoms with Crippen LogP contribution in [0.3, 0.4) is 0 Å². The molecule has 2 heterocycles. The fourth-order valence-corrected chi connectivity index (χ4v) is 3.57. The van der Waals surface area contributed by atoms with E-state index >= 15 is 0 Å². The lowest BCUT2D eigenvalue weighted by atomic mass is 9.99. The molecule has 138 valence electrons. The van der Waals surface area contributed by atoms with E-state index in [1.54, 1.807) is 0 Å². The van der Waals surface area contributed by atoms with E-state index in [1.165, 1.54) is 6.42 Å². The molecule has 1 aromatic heterocycles. The Labute approximate surface area is 154 Å². The summed E-state index contributed by atoms with van der Waals surface area (Å²) < 4.78 is 5.29. The number of hydrogen-bond donors (Lipinski definition) is 1. The molecule has 1 aliphatic carbocycles. The molecule has 0 radical (unpaired) electrons. The van der Waals surface area contributed by atoms with Crippen molar-refractivity contribution in [2.24, 2.45) is 5.92 Å². The number of hydrogen-bond acceptors (Lipinski definition) is 5. The minimum absolute atomic E-state index is 0.136. The monoisotopic (exact) mass is 354 g/mol. The summed E-state index contributed by atoms with van der Waals surface area (Å²) in [7, 11) is 0. The van der Waals surface area contributed by atoms with Crippen molar-refractivity contribution in [3.63, 3.8) is 0 Å². The summed E-state index contributed by atoms with van der Waals surface area (Å²) in [5, 5.41) is 7.37. The van der Waals surface area contributed by atoms with Gasteiger partial charge in [0.15, 0.2) is 5.82 Å². The summed E-state index contributed by atoms with van der Waals surface area (Å²) in [5.74, 6) is 2.66. The standard InChI is InChI=1S/C20H26N4O2/c1-13-4-3-9-24(12-13)20(25)16-7-8-17(14(2)10-16)21-11-18-22-19(23-26-18)15-5-6-15/h7-8,10,13,15,21H,3-6,9,11-12H2,1-2H3/t13-/m0/s1. The van der Waals surface area contributed by atoms with E-state index in [1.807, 2.05) is 30.0 Å². The largest absolute Gasteiger partial charge is 0.376 e. The number of nitrogens with one attached hydrogen (secondary N) is 1. The van der Waals surface area contributed by atoms with Gasteiger partial charge in [0.2, 0.25) is 5.89 Å². The second kappa shape index (κ2) is 7.09. The fourth-order valence-electron chi connectivity index (χ4n) is 3.57. The van der Waals surface area contributed by atoms with Crippen molar-refractivity contribution in [3.05, 3.63) is 41.0 Å². The number of carbonyl (C=O) groups is 1. The Morgan fingerprint density at radius 2 is 2.19 bits per heavy atom. The highest BCUT2D eigenvalue weighted by molar-refractivity contribution is 5.95. The Morgan fingerprint density at radius 3 is 2.92 bits per heavy atom. The van der Waals surface area contributed by atoms with Crippen molar-refractivity contribution in [1.29, 1.82) is 0 Å². The normalized spacial score (nSPS) is 20.2. The number of nitrogens with zero attached hydrogens (tertiary/aromatic N) is 3. The number of aryl methyl sites for hydroxylation is 1. The Hall–Kier alpha value is -2.37. The summed E-state index contributed by atoms with van der Waals surface area (Å²) >= 11 is 0. The molecule has 1 atom stereocenters. The SMILES string of the molecule is Cc1cc(C(=O)N2CCC[C@H](C)C2)ccc1NCc1nc(C2CC2)no1. The smallest absolute Gasteiger partial charge is 0.253 e. The first-order valence-corrected chi connectivity index (χ1v) is 9.56. The van der Waals surface area contributed by atoms with Crippen LogP contribution in [-0.4, -0.2) is 34.0 Å². The zero-order valence-corrected chi connectivity index (χ0v) is 15.5. The summed E-state index contributed by atoms with van der Waals surface area (Å²) in [5.41, 5.74) is 2.79. The fraction of sp³-hybridized carbons (Fsp3) is 0.550. The Kier molecular flexibility index (Phi) is 4.66. The van der Waals surface area contributed by atoms with E-state index in [2.05, 4.69) is 22.4 Å². The zero-order valence-electron chi connectivity index (χ0n) is 15.5. The van der Waals surface area contributed by atoms with Crippen LogP contribution in [0.4, 0.5) is 5.69 Å². The molecular weight excluding hydrogens is 328 g/mol. The summed E-state index contributed by atoms with van der Waals surface area (Å²) in [6, 6.07) is 5.84. The summed E-state index contributed by atoms with van der Waals surface area (Å²) in [6.07, 6.45) is 4.63. The van der Waals surface area contributed by atoms with Crippen molar-refractivity contribution in [2.45, 2.75) is 52.0 Å². The average molecular weight is 354 g/mol. The number of rotatable bonds is 5. The Bertz CT molecular complexity index is 797. The van der Waals surface area contributed by atoms with Crippen LogP contribution >= 0.6 is 0 Å². The first-order chi connectivity index (χ1) is 12.6. The number of carbonyl (C=O) groups excluding carboxylic acids is 1. The second-order valence-electron chi connectivity index (χ2n) is 7.70. The number of likely N-dealkylation sites (tertiary alicyclic amines) is 1. The third kappa shape index (κ3) is 3.74. The van der Waals surface area contributed by atoms with Crippen LogP contribution in [0.15, 0.2) is 22.7 Å². The topological polar surface area (TPSA) is 71.3 Å². The Balaban J connectivity index is 1.39. The quantitative estimate of drug-likeness (QED) is 0.885. The lowest BCUT2D eigenvalue weighted by Gasteiger charge is -2.31.